The van der Waals surface area contributed by atoms with Crippen LogP contribution in [0.3, 0.4) is 0 Å². The van der Waals surface area contributed by atoms with Gasteiger partial charge in [0.2, 0.25) is 0 Å². The molecule has 4 nitrogen and oxygen atoms in total. The van der Waals surface area contributed by atoms with Gasteiger partial charge < -0.3 is 5.32 Å². The predicted octanol–water partition coefficient (Wildman–Crippen LogP) is 5.09. The summed E-state index contributed by atoms with van der Waals surface area (Å²) in [4.78, 5) is 9.59. The van der Waals surface area contributed by atoms with Crippen molar-refractivity contribution in [2.75, 3.05) is 11.9 Å². The molecule has 0 spiro atoms. The van der Waals surface area contributed by atoms with E-state index in [4.69, 9.17) is 9.97 Å². The van der Waals surface area contributed by atoms with E-state index < -0.39 is 0 Å². The molecule has 2 aromatic heterocycles. The zero-order chi connectivity index (χ0) is 18.6. The largest absolute Gasteiger partial charge is 0.369 e. The normalized spacial score (nSPS) is 14.2. The molecule has 3 aromatic rings. The first-order valence-electron chi connectivity index (χ1n) is 9.55. The molecule has 0 saturated heterocycles. The number of hydrogen-bond acceptors (Lipinski definition) is 3. The number of anilines is 1. The SMILES string of the molecule is Cc1cc(C)c(-n2c(C)c(C)c3c(NCC4CC4)nc(C)nc32)c(C)c1. The zero-order valence-corrected chi connectivity index (χ0v) is 16.7. The molecular weight excluding hydrogens is 320 g/mol. The number of aromatic nitrogens is 3. The number of fused-ring (bicyclic) bond motifs is 1. The molecule has 1 saturated carbocycles. The van der Waals surface area contributed by atoms with Gasteiger partial charge in [-0.25, -0.2) is 9.97 Å². The number of nitrogens with zero attached hydrogens (tertiary/aromatic N) is 3. The van der Waals surface area contributed by atoms with Crippen LogP contribution in [-0.4, -0.2) is 21.1 Å². The topological polar surface area (TPSA) is 42.7 Å². The van der Waals surface area contributed by atoms with Crippen LogP contribution < -0.4 is 5.32 Å². The lowest BCUT2D eigenvalue weighted by Gasteiger charge is -2.16. The smallest absolute Gasteiger partial charge is 0.150 e. The molecule has 136 valence electrons. The molecule has 2 heterocycles. The lowest BCUT2D eigenvalue weighted by molar-refractivity contribution is 0.880. The molecule has 0 radical (unpaired) electrons. The molecule has 0 amide bonds. The van der Waals surface area contributed by atoms with Crippen molar-refractivity contribution in [3.05, 3.63) is 45.9 Å². The van der Waals surface area contributed by atoms with E-state index in [2.05, 4.69) is 56.6 Å². The molecule has 4 rings (SSSR count). The van der Waals surface area contributed by atoms with Gasteiger partial charge in [-0.2, -0.15) is 0 Å². The van der Waals surface area contributed by atoms with E-state index in [9.17, 15) is 0 Å². The Hall–Kier alpha value is -2.36. The van der Waals surface area contributed by atoms with Crippen LogP contribution in [0.2, 0.25) is 0 Å². The summed E-state index contributed by atoms with van der Waals surface area (Å²) in [7, 11) is 0. The molecule has 0 bridgehead atoms. The van der Waals surface area contributed by atoms with Gasteiger partial charge in [-0.1, -0.05) is 17.7 Å². The van der Waals surface area contributed by atoms with Crippen LogP contribution in [0.5, 0.6) is 0 Å². The standard InChI is InChI=1S/C22H28N4/c1-12-9-13(2)20(14(3)10-12)26-16(5)15(4)19-21(23-11-18-7-8-18)24-17(6)25-22(19)26/h9-10,18H,7-8,11H2,1-6H3,(H,23,24,25). The van der Waals surface area contributed by atoms with Crippen LogP contribution in [-0.2, 0) is 0 Å². The summed E-state index contributed by atoms with van der Waals surface area (Å²) in [5, 5.41) is 4.76. The van der Waals surface area contributed by atoms with Crippen molar-refractivity contribution in [1.29, 1.82) is 0 Å². The summed E-state index contributed by atoms with van der Waals surface area (Å²) in [6.07, 6.45) is 2.67. The monoisotopic (exact) mass is 348 g/mol. The van der Waals surface area contributed by atoms with Crippen molar-refractivity contribution in [1.82, 2.24) is 14.5 Å². The Morgan fingerprint density at radius 3 is 2.27 bits per heavy atom. The minimum atomic E-state index is 0.811. The van der Waals surface area contributed by atoms with Crippen LogP contribution in [0.4, 0.5) is 5.82 Å². The van der Waals surface area contributed by atoms with E-state index in [0.717, 1.165) is 35.1 Å². The van der Waals surface area contributed by atoms with Crippen LogP contribution in [0.15, 0.2) is 12.1 Å². The molecular formula is C22H28N4. The fourth-order valence-electron chi connectivity index (χ4n) is 4.06. The fraction of sp³-hybridized carbons (Fsp3) is 0.455. The second-order valence-electron chi connectivity index (χ2n) is 7.94. The van der Waals surface area contributed by atoms with Gasteiger partial charge in [0.05, 0.1) is 11.1 Å². The molecule has 4 heteroatoms. The highest BCUT2D eigenvalue weighted by Gasteiger charge is 2.24. The average Bonchev–Trinajstić information content (AvgIpc) is 3.35. The van der Waals surface area contributed by atoms with E-state index in [1.54, 1.807) is 0 Å². The van der Waals surface area contributed by atoms with Crippen molar-refractivity contribution in [2.45, 2.75) is 54.4 Å². The van der Waals surface area contributed by atoms with Crippen molar-refractivity contribution < 1.29 is 0 Å². The third-order valence-corrected chi connectivity index (χ3v) is 5.58. The Labute approximate surface area is 155 Å². The zero-order valence-electron chi connectivity index (χ0n) is 16.7. The van der Waals surface area contributed by atoms with Crippen molar-refractivity contribution in [2.24, 2.45) is 5.92 Å². The highest BCUT2D eigenvalue weighted by Crippen LogP contribution is 2.35. The second kappa shape index (κ2) is 6.11. The van der Waals surface area contributed by atoms with Crippen LogP contribution >= 0.6 is 0 Å². The number of benzene rings is 1. The predicted molar refractivity (Wildman–Crippen MR) is 109 cm³/mol. The third kappa shape index (κ3) is 2.77. The molecule has 1 aromatic carbocycles. The first-order valence-corrected chi connectivity index (χ1v) is 9.55. The summed E-state index contributed by atoms with van der Waals surface area (Å²) >= 11 is 0. The Balaban J connectivity index is 1.97. The minimum absolute atomic E-state index is 0.811. The highest BCUT2D eigenvalue weighted by atomic mass is 15.1. The number of hydrogen-bond donors (Lipinski definition) is 1. The molecule has 0 unspecified atom stereocenters. The van der Waals surface area contributed by atoms with Gasteiger partial charge in [0.15, 0.2) is 5.65 Å². The molecule has 1 N–H and O–H groups in total. The molecule has 1 aliphatic rings. The van der Waals surface area contributed by atoms with E-state index in [1.165, 1.54) is 46.5 Å². The number of rotatable bonds is 4. The fourth-order valence-corrected chi connectivity index (χ4v) is 4.06. The third-order valence-electron chi connectivity index (χ3n) is 5.58. The number of aryl methyl sites for hydroxylation is 5. The maximum absolute atomic E-state index is 4.85. The van der Waals surface area contributed by atoms with Crippen LogP contribution in [0.25, 0.3) is 16.7 Å². The lowest BCUT2D eigenvalue weighted by Crippen LogP contribution is -2.08. The van der Waals surface area contributed by atoms with E-state index >= 15 is 0 Å². The molecule has 0 atom stereocenters. The van der Waals surface area contributed by atoms with E-state index in [-0.39, 0.29) is 0 Å². The lowest BCUT2D eigenvalue weighted by atomic mass is 10.0. The maximum atomic E-state index is 4.85. The average molecular weight is 348 g/mol. The second-order valence-corrected chi connectivity index (χ2v) is 7.94. The number of nitrogens with one attached hydrogen (secondary N) is 1. The molecule has 1 fully saturated rings. The van der Waals surface area contributed by atoms with Crippen molar-refractivity contribution in [3.63, 3.8) is 0 Å². The van der Waals surface area contributed by atoms with Gasteiger partial charge in [0.25, 0.3) is 0 Å². The summed E-state index contributed by atoms with van der Waals surface area (Å²) < 4.78 is 2.33. The van der Waals surface area contributed by atoms with Gasteiger partial charge in [-0.15, -0.1) is 0 Å². The Bertz CT molecular complexity index is 986. The van der Waals surface area contributed by atoms with Crippen molar-refractivity contribution in [3.8, 4) is 5.69 Å². The van der Waals surface area contributed by atoms with Gasteiger partial charge in [0.1, 0.15) is 11.6 Å². The molecule has 26 heavy (non-hydrogen) atoms. The summed E-state index contributed by atoms with van der Waals surface area (Å²) in [5.74, 6) is 2.61. The summed E-state index contributed by atoms with van der Waals surface area (Å²) in [5.41, 5.74) is 8.63. The Kier molecular flexibility index (Phi) is 4.02. The quantitative estimate of drug-likeness (QED) is 0.714. The van der Waals surface area contributed by atoms with Gasteiger partial charge in [-0.05, 0) is 77.0 Å². The molecule has 1 aliphatic carbocycles. The van der Waals surface area contributed by atoms with E-state index in [0.29, 0.717) is 0 Å². The summed E-state index contributed by atoms with van der Waals surface area (Å²) in [6.45, 7) is 13.9. The molecule has 0 aliphatic heterocycles. The minimum Gasteiger partial charge on any atom is -0.369 e. The van der Waals surface area contributed by atoms with Gasteiger partial charge in [0, 0.05) is 12.2 Å². The Morgan fingerprint density at radius 2 is 1.65 bits per heavy atom. The van der Waals surface area contributed by atoms with Crippen LogP contribution in [0.1, 0.15) is 46.6 Å². The maximum Gasteiger partial charge on any atom is 0.150 e. The van der Waals surface area contributed by atoms with Crippen LogP contribution in [0, 0.1) is 47.5 Å². The summed E-state index contributed by atoms with van der Waals surface area (Å²) in [6, 6.07) is 4.51. The van der Waals surface area contributed by atoms with Gasteiger partial charge in [-0.3, -0.25) is 4.57 Å². The van der Waals surface area contributed by atoms with E-state index in [1.807, 2.05) is 6.92 Å². The first-order chi connectivity index (χ1) is 12.4. The highest BCUT2D eigenvalue weighted by molar-refractivity contribution is 5.93. The first kappa shape index (κ1) is 17.1. The van der Waals surface area contributed by atoms with Crippen molar-refractivity contribution >= 4 is 16.9 Å². The Morgan fingerprint density at radius 1 is 1.00 bits per heavy atom. The van der Waals surface area contributed by atoms with Gasteiger partial charge >= 0.3 is 0 Å².